The summed E-state index contributed by atoms with van der Waals surface area (Å²) in [5.41, 5.74) is -3.79. The average molecular weight is 746 g/mol. The molecule has 0 radical (unpaired) electrons. The van der Waals surface area contributed by atoms with Crippen molar-refractivity contribution in [2.45, 2.75) is 31.4 Å². The van der Waals surface area contributed by atoms with E-state index in [0.717, 1.165) is 49.4 Å². The molecule has 0 bridgehead atoms. The van der Waals surface area contributed by atoms with Crippen molar-refractivity contribution in [2.75, 3.05) is 0 Å². The topological polar surface area (TPSA) is 167 Å². The highest BCUT2D eigenvalue weighted by molar-refractivity contribution is 6.32. The molecule has 4 rings (SSSR count). The first kappa shape index (κ1) is 37.6. The quantitative estimate of drug-likeness (QED) is 0.0762. The summed E-state index contributed by atoms with van der Waals surface area (Å²) in [5, 5.41) is 30.4. The Balaban J connectivity index is 0.000000260. The lowest BCUT2D eigenvalue weighted by molar-refractivity contribution is -0.385. The fourth-order valence-electron chi connectivity index (χ4n) is 3.83. The van der Waals surface area contributed by atoms with Gasteiger partial charge in [0.05, 0.1) is 15.5 Å². The third kappa shape index (κ3) is 8.75. The first-order chi connectivity index (χ1) is 22.2. The van der Waals surface area contributed by atoms with Gasteiger partial charge in [-0.25, -0.2) is 18.5 Å². The van der Waals surface area contributed by atoms with Gasteiger partial charge in [-0.1, -0.05) is 23.2 Å². The Bertz CT molecular complexity index is 1950. The van der Waals surface area contributed by atoms with Gasteiger partial charge in [-0.2, -0.15) is 26.6 Å². The van der Waals surface area contributed by atoms with Gasteiger partial charge in [0.1, 0.15) is 34.0 Å². The minimum absolute atomic E-state index is 0.0926. The number of carboxylic acid groups (broad SMARTS) is 2. The molecule has 1 heterocycles. The van der Waals surface area contributed by atoms with E-state index in [1.807, 2.05) is 0 Å². The van der Waals surface area contributed by atoms with E-state index in [1.165, 1.54) is 0 Å². The number of ether oxygens (including phenoxy) is 1. The van der Waals surface area contributed by atoms with Gasteiger partial charge in [0.25, 0.3) is 5.69 Å². The van der Waals surface area contributed by atoms with Gasteiger partial charge in [0, 0.05) is 23.6 Å². The van der Waals surface area contributed by atoms with Crippen molar-refractivity contribution in [1.29, 1.82) is 0 Å². The molecule has 21 heteroatoms. The molecule has 48 heavy (non-hydrogen) atoms. The predicted octanol–water partition coefficient (Wildman–Crippen LogP) is 7.52. The largest absolute Gasteiger partial charge is 0.480 e. The van der Waals surface area contributed by atoms with Crippen molar-refractivity contribution in [3.05, 3.63) is 108 Å². The summed E-state index contributed by atoms with van der Waals surface area (Å²) < 4.78 is 83.2. The number of alkyl halides is 6. The van der Waals surface area contributed by atoms with Crippen molar-refractivity contribution in [3.8, 4) is 17.2 Å². The zero-order chi connectivity index (χ0) is 36.2. The molecule has 4 aromatic rings. The van der Waals surface area contributed by atoms with Gasteiger partial charge in [-0.15, -0.1) is 16.7 Å². The van der Waals surface area contributed by atoms with E-state index in [2.05, 4.69) is 5.10 Å². The maximum absolute atomic E-state index is 14.1. The minimum Gasteiger partial charge on any atom is -0.480 e. The fourth-order valence-corrected chi connectivity index (χ4v) is 4.45. The SMILES string of the molecule is Cc1nn(-c2cc(CC(Cl)C(=O)O)c(Cl)cc2F)c(=O)n1C(F)F.O=C(O)c1cc(Oc2ccc(C(F)(F)F)cc2Cl)ccc1[N+](=O)[O-]. The Morgan fingerprint density at radius 2 is 1.71 bits per heavy atom. The van der Waals surface area contributed by atoms with Gasteiger partial charge in [0.15, 0.2) is 5.82 Å². The molecule has 0 spiro atoms. The number of nitro groups is 1. The lowest BCUT2D eigenvalue weighted by Gasteiger charge is -2.11. The number of hydrogen-bond donors (Lipinski definition) is 2. The van der Waals surface area contributed by atoms with E-state index in [9.17, 15) is 50.8 Å². The number of rotatable bonds is 9. The van der Waals surface area contributed by atoms with Crippen LogP contribution in [0.3, 0.4) is 0 Å². The van der Waals surface area contributed by atoms with E-state index in [1.54, 1.807) is 0 Å². The summed E-state index contributed by atoms with van der Waals surface area (Å²) in [6.45, 7) is -1.97. The average Bonchev–Trinajstić information content (AvgIpc) is 3.28. The molecule has 1 aromatic heterocycles. The minimum atomic E-state index is -4.58. The molecule has 12 nitrogen and oxygen atoms in total. The van der Waals surface area contributed by atoms with Crippen molar-refractivity contribution in [1.82, 2.24) is 14.3 Å². The zero-order valence-corrected chi connectivity index (χ0v) is 25.8. The second-order valence-electron chi connectivity index (χ2n) is 9.28. The maximum Gasteiger partial charge on any atom is 0.416 e. The smallest absolute Gasteiger partial charge is 0.416 e. The molecule has 0 aliphatic carbocycles. The molecule has 1 atom stereocenters. The molecular weight excluding hydrogens is 729 g/mol. The standard InChI is InChI=1S/C14H7ClF3NO5.C13H10Cl2F3N3O3/c15-10-5-7(14(16,17)18)1-4-12(10)24-8-2-3-11(19(22)23)9(6-8)13(20)21;1-5-19-21(13(24)20(5)12(17)18)10-3-6(2-8(15)11(22)23)7(14)4-9(10)16/h1-6H,(H,20,21);3-4,8,12H,2H2,1H3,(H,22,23). The lowest BCUT2D eigenvalue weighted by atomic mass is 10.1. The normalized spacial score (nSPS) is 11.9. The number of nitrogens with zero attached hydrogens (tertiary/aromatic N) is 4. The summed E-state index contributed by atoms with van der Waals surface area (Å²) in [6.07, 6.45) is -4.84. The number of aromatic nitrogens is 3. The fraction of sp³-hybridized carbons (Fsp3) is 0.185. The number of carbonyl (C=O) groups is 2. The molecule has 0 fully saturated rings. The van der Waals surface area contributed by atoms with E-state index < -0.39 is 69.0 Å². The summed E-state index contributed by atoms with van der Waals surface area (Å²) in [5.74, 6) is -4.44. The maximum atomic E-state index is 14.1. The number of carboxylic acids is 2. The van der Waals surface area contributed by atoms with Crippen LogP contribution in [-0.4, -0.2) is 46.8 Å². The van der Waals surface area contributed by atoms with E-state index in [4.69, 9.17) is 49.8 Å². The molecule has 256 valence electrons. The molecule has 0 aliphatic rings. The number of benzene rings is 3. The molecule has 0 aliphatic heterocycles. The molecule has 1 unspecified atom stereocenters. The Morgan fingerprint density at radius 1 is 1.06 bits per heavy atom. The Kier molecular flexibility index (Phi) is 11.7. The van der Waals surface area contributed by atoms with Gasteiger partial charge < -0.3 is 14.9 Å². The van der Waals surface area contributed by atoms with Crippen LogP contribution < -0.4 is 10.4 Å². The van der Waals surface area contributed by atoms with Crippen LogP contribution in [0.25, 0.3) is 5.69 Å². The van der Waals surface area contributed by atoms with Crippen LogP contribution >= 0.6 is 34.8 Å². The highest BCUT2D eigenvalue weighted by Crippen LogP contribution is 2.37. The number of nitro benzene ring substituents is 1. The Labute approximate surface area is 278 Å². The molecule has 0 saturated heterocycles. The Morgan fingerprint density at radius 3 is 2.21 bits per heavy atom. The molecule has 3 aromatic carbocycles. The zero-order valence-electron chi connectivity index (χ0n) is 23.5. The molecule has 0 saturated carbocycles. The van der Waals surface area contributed by atoms with Crippen LogP contribution in [0.1, 0.15) is 33.9 Å². The number of aromatic carboxylic acids is 1. The third-order valence-corrected chi connectivity index (χ3v) is 7.06. The van der Waals surface area contributed by atoms with Crippen molar-refractivity contribution >= 4 is 52.4 Å². The van der Waals surface area contributed by atoms with Gasteiger partial charge >= 0.3 is 30.4 Å². The first-order valence-corrected chi connectivity index (χ1v) is 13.8. The van der Waals surface area contributed by atoms with Crippen LogP contribution in [0.5, 0.6) is 11.5 Å². The van der Waals surface area contributed by atoms with Crippen LogP contribution in [-0.2, 0) is 17.4 Å². The first-order valence-electron chi connectivity index (χ1n) is 12.6. The molecular formula is C27H17Cl3F6N4O8. The number of halogens is 9. The number of aliphatic carboxylic acids is 1. The second kappa shape index (κ2) is 15.0. The summed E-state index contributed by atoms with van der Waals surface area (Å²) in [4.78, 5) is 43.7. The summed E-state index contributed by atoms with van der Waals surface area (Å²) in [7, 11) is 0. The van der Waals surface area contributed by atoms with Crippen LogP contribution in [0, 0.1) is 22.9 Å². The van der Waals surface area contributed by atoms with Gasteiger partial charge in [0.2, 0.25) is 0 Å². The third-order valence-electron chi connectivity index (χ3n) is 6.07. The van der Waals surface area contributed by atoms with Crippen molar-refractivity contribution < 1.29 is 55.8 Å². The highest BCUT2D eigenvalue weighted by Gasteiger charge is 2.31. The summed E-state index contributed by atoms with van der Waals surface area (Å²) >= 11 is 17.2. The van der Waals surface area contributed by atoms with Crippen molar-refractivity contribution in [2.24, 2.45) is 0 Å². The van der Waals surface area contributed by atoms with Crippen LogP contribution in [0.4, 0.5) is 32.0 Å². The summed E-state index contributed by atoms with van der Waals surface area (Å²) in [6, 6.07) is 7.16. The predicted molar refractivity (Wildman–Crippen MR) is 156 cm³/mol. The van der Waals surface area contributed by atoms with E-state index in [-0.39, 0.29) is 43.9 Å². The van der Waals surface area contributed by atoms with Crippen LogP contribution in [0.15, 0.2) is 53.3 Å². The van der Waals surface area contributed by atoms with Gasteiger partial charge in [-0.3, -0.25) is 14.9 Å². The monoisotopic (exact) mass is 744 g/mol. The highest BCUT2D eigenvalue weighted by atomic mass is 35.5. The second-order valence-corrected chi connectivity index (χ2v) is 10.6. The van der Waals surface area contributed by atoms with E-state index >= 15 is 0 Å². The lowest BCUT2D eigenvalue weighted by Crippen LogP contribution is -2.25. The Hall–Kier alpha value is -4.81. The number of hydrogen-bond acceptors (Lipinski definition) is 7. The molecule has 0 amide bonds. The number of aryl methyl sites for hydroxylation is 1. The van der Waals surface area contributed by atoms with E-state index in [0.29, 0.717) is 10.7 Å². The van der Waals surface area contributed by atoms with Crippen LogP contribution in [0.2, 0.25) is 10.0 Å². The molecule has 2 N–H and O–H groups in total. The van der Waals surface area contributed by atoms with Gasteiger partial charge in [-0.05, 0) is 48.9 Å². The van der Waals surface area contributed by atoms with Crippen molar-refractivity contribution in [3.63, 3.8) is 0 Å².